The van der Waals surface area contributed by atoms with Crippen molar-refractivity contribution in [1.82, 2.24) is 0 Å². The molecule has 0 radical (unpaired) electrons. The van der Waals surface area contributed by atoms with Gasteiger partial charge in [-0.1, -0.05) is 30.3 Å². The first-order valence-corrected chi connectivity index (χ1v) is 10.8. The van der Waals surface area contributed by atoms with Crippen molar-refractivity contribution in [1.29, 1.82) is 0 Å². The Balaban J connectivity index is 1.62. The number of benzene rings is 3. The topological polar surface area (TPSA) is 49.9 Å². The number of hydrogen-bond acceptors (Lipinski definition) is 4. The third-order valence-corrected chi connectivity index (χ3v) is 7.01. The van der Waals surface area contributed by atoms with Crippen LogP contribution in [0.25, 0.3) is 0 Å². The number of nitrogens with zero attached hydrogens (tertiary/aromatic N) is 2. The van der Waals surface area contributed by atoms with E-state index in [2.05, 4.69) is 0 Å². The molecular weight excluding hydrogens is 415 g/mol. The zero-order chi connectivity index (χ0) is 21.6. The van der Waals surface area contributed by atoms with Gasteiger partial charge in [0.2, 0.25) is 10.8 Å². The van der Waals surface area contributed by atoms with Crippen LogP contribution in [0.1, 0.15) is 11.1 Å². The van der Waals surface area contributed by atoms with Crippen molar-refractivity contribution in [2.45, 2.75) is 11.4 Å². The summed E-state index contributed by atoms with van der Waals surface area (Å²) in [4.78, 5) is 29.0. The fourth-order valence-electron chi connectivity index (χ4n) is 4.26. The van der Waals surface area contributed by atoms with Crippen LogP contribution in [0.5, 0.6) is 5.75 Å². The van der Waals surface area contributed by atoms with Gasteiger partial charge in [0.15, 0.2) is 0 Å². The molecule has 1 spiro atoms. The lowest BCUT2D eigenvalue weighted by Gasteiger charge is -2.33. The maximum absolute atomic E-state index is 13.9. The number of thioether (sulfide) groups is 1. The zero-order valence-electron chi connectivity index (χ0n) is 16.7. The molecule has 2 amide bonds. The zero-order valence-corrected chi connectivity index (χ0v) is 17.6. The number of ether oxygens (including phenoxy) is 1. The van der Waals surface area contributed by atoms with E-state index < -0.39 is 4.87 Å². The highest BCUT2D eigenvalue weighted by Crippen LogP contribution is 2.56. The number of para-hydroxylation sites is 1. The third-order valence-electron chi connectivity index (χ3n) is 5.62. The van der Waals surface area contributed by atoms with Gasteiger partial charge in [-0.2, -0.15) is 0 Å². The van der Waals surface area contributed by atoms with Gasteiger partial charge >= 0.3 is 0 Å². The second kappa shape index (κ2) is 7.42. The molecule has 2 heterocycles. The van der Waals surface area contributed by atoms with Gasteiger partial charge in [0.25, 0.3) is 5.91 Å². The SMILES string of the molecule is COc1ccc(N2C(=O)CS[C@]23C(=O)N(Cc2cccc(F)c2)c2ccccc23)cc1. The molecule has 5 rings (SSSR count). The van der Waals surface area contributed by atoms with Crippen LogP contribution in [0.2, 0.25) is 0 Å². The monoisotopic (exact) mass is 434 g/mol. The average molecular weight is 434 g/mol. The van der Waals surface area contributed by atoms with Crippen molar-refractivity contribution < 1.29 is 18.7 Å². The molecule has 1 atom stereocenters. The Morgan fingerprint density at radius 3 is 2.55 bits per heavy atom. The molecule has 3 aromatic carbocycles. The Labute approximate surface area is 183 Å². The summed E-state index contributed by atoms with van der Waals surface area (Å²) in [6, 6.07) is 20.8. The van der Waals surface area contributed by atoms with Crippen molar-refractivity contribution in [3.63, 3.8) is 0 Å². The first-order valence-electron chi connectivity index (χ1n) is 9.81. The molecule has 2 aliphatic heterocycles. The molecule has 0 unspecified atom stereocenters. The Morgan fingerprint density at radius 2 is 1.81 bits per heavy atom. The third kappa shape index (κ3) is 2.99. The molecule has 0 aromatic heterocycles. The van der Waals surface area contributed by atoms with Crippen LogP contribution in [0, 0.1) is 5.82 Å². The minimum atomic E-state index is -1.18. The number of halogens is 1. The Kier molecular flexibility index (Phi) is 4.70. The van der Waals surface area contributed by atoms with Crippen LogP contribution in [0.15, 0.2) is 72.8 Å². The van der Waals surface area contributed by atoms with Crippen LogP contribution in [0.3, 0.4) is 0 Å². The number of rotatable bonds is 4. The van der Waals surface area contributed by atoms with E-state index in [-0.39, 0.29) is 29.9 Å². The molecule has 156 valence electrons. The van der Waals surface area contributed by atoms with Gasteiger partial charge in [-0.05, 0) is 48.0 Å². The highest BCUT2D eigenvalue weighted by atomic mass is 32.2. The smallest absolute Gasteiger partial charge is 0.269 e. The summed E-state index contributed by atoms with van der Waals surface area (Å²) in [6.45, 7) is 0.223. The van der Waals surface area contributed by atoms with Crippen molar-refractivity contribution in [3.05, 3.63) is 89.7 Å². The molecule has 2 aliphatic rings. The lowest BCUT2D eigenvalue weighted by atomic mass is 10.0. The summed E-state index contributed by atoms with van der Waals surface area (Å²) in [6.07, 6.45) is 0. The van der Waals surface area contributed by atoms with Crippen LogP contribution < -0.4 is 14.5 Å². The fourth-order valence-corrected chi connectivity index (χ4v) is 5.62. The van der Waals surface area contributed by atoms with E-state index >= 15 is 0 Å². The Hall–Kier alpha value is -3.32. The number of hydrogen-bond donors (Lipinski definition) is 0. The van der Waals surface area contributed by atoms with Crippen LogP contribution in [-0.2, 0) is 21.0 Å². The summed E-state index contributed by atoms with van der Waals surface area (Å²) < 4.78 is 19.0. The summed E-state index contributed by atoms with van der Waals surface area (Å²) in [5.74, 6) is 0.177. The van der Waals surface area contributed by atoms with E-state index in [1.165, 1.54) is 23.9 Å². The van der Waals surface area contributed by atoms with E-state index in [4.69, 9.17) is 4.74 Å². The van der Waals surface area contributed by atoms with E-state index in [0.717, 1.165) is 11.3 Å². The summed E-state index contributed by atoms with van der Waals surface area (Å²) in [5.41, 5.74) is 2.82. The van der Waals surface area contributed by atoms with E-state index in [9.17, 15) is 14.0 Å². The number of carbonyl (C=O) groups is 2. The second-order valence-electron chi connectivity index (χ2n) is 7.40. The summed E-state index contributed by atoms with van der Waals surface area (Å²) in [7, 11) is 1.58. The van der Waals surface area contributed by atoms with Gasteiger partial charge in [0.1, 0.15) is 11.6 Å². The molecule has 0 aliphatic carbocycles. The van der Waals surface area contributed by atoms with Crippen LogP contribution >= 0.6 is 11.8 Å². The first-order chi connectivity index (χ1) is 15.0. The number of anilines is 2. The average Bonchev–Trinajstić information content (AvgIpc) is 3.25. The molecule has 7 heteroatoms. The molecule has 0 bridgehead atoms. The lowest BCUT2D eigenvalue weighted by Crippen LogP contribution is -2.49. The number of methoxy groups -OCH3 is 1. The predicted molar refractivity (Wildman–Crippen MR) is 119 cm³/mol. The molecular formula is C24H19FN2O3S. The Morgan fingerprint density at radius 1 is 1.03 bits per heavy atom. The number of fused-ring (bicyclic) bond motifs is 2. The van der Waals surface area contributed by atoms with Gasteiger partial charge in [-0.3, -0.25) is 14.5 Å². The molecule has 5 nitrogen and oxygen atoms in total. The van der Waals surface area contributed by atoms with E-state index in [0.29, 0.717) is 17.0 Å². The molecule has 0 saturated carbocycles. The van der Waals surface area contributed by atoms with Crippen molar-refractivity contribution >= 4 is 35.0 Å². The Bertz CT molecular complexity index is 1180. The molecule has 0 N–H and O–H groups in total. The van der Waals surface area contributed by atoms with E-state index in [1.54, 1.807) is 53.3 Å². The largest absolute Gasteiger partial charge is 0.497 e. The van der Waals surface area contributed by atoms with Crippen LogP contribution in [0.4, 0.5) is 15.8 Å². The van der Waals surface area contributed by atoms with Gasteiger partial charge in [0.05, 0.1) is 25.1 Å². The summed E-state index contributed by atoms with van der Waals surface area (Å²) in [5, 5.41) is 0. The molecule has 1 saturated heterocycles. The maximum Gasteiger partial charge on any atom is 0.269 e. The first kappa shape index (κ1) is 19.6. The second-order valence-corrected chi connectivity index (χ2v) is 8.57. The fraction of sp³-hybridized carbons (Fsp3) is 0.167. The number of carbonyl (C=O) groups excluding carboxylic acids is 2. The summed E-state index contributed by atoms with van der Waals surface area (Å²) >= 11 is 1.32. The van der Waals surface area contributed by atoms with E-state index in [1.807, 2.05) is 24.3 Å². The highest BCUT2D eigenvalue weighted by Gasteiger charge is 2.60. The predicted octanol–water partition coefficient (Wildman–Crippen LogP) is 4.31. The molecule has 1 fully saturated rings. The minimum Gasteiger partial charge on any atom is -0.497 e. The van der Waals surface area contributed by atoms with Crippen molar-refractivity contribution in [2.24, 2.45) is 0 Å². The van der Waals surface area contributed by atoms with Crippen LogP contribution in [-0.4, -0.2) is 24.7 Å². The number of amides is 2. The maximum atomic E-state index is 13.9. The van der Waals surface area contributed by atoms with Gasteiger partial charge in [0, 0.05) is 11.3 Å². The molecule has 3 aromatic rings. The van der Waals surface area contributed by atoms with Crippen molar-refractivity contribution in [3.8, 4) is 5.75 Å². The lowest BCUT2D eigenvalue weighted by molar-refractivity contribution is -0.123. The minimum absolute atomic E-state index is 0.133. The molecule has 31 heavy (non-hydrogen) atoms. The standard InChI is InChI=1S/C24H19FN2O3S/c1-30-19-11-9-18(10-12-19)27-22(28)15-31-24(27)20-7-2-3-8-21(20)26(23(24)29)14-16-5-4-6-17(25)13-16/h2-13H,14-15H2,1H3/t24-/m1/s1. The van der Waals surface area contributed by atoms with Gasteiger partial charge in [-0.15, -0.1) is 11.8 Å². The normalized spacial score (nSPS) is 19.9. The quantitative estimate of drug-likeness (QED) is 0.614. The van der Waals surface area contributed by atoms with Crippen molar-refractivity contribution in [2.75, 3.05) is 22.7 Å². The van der Waals surface area contributed by atoms with Gasteiger partial charge in [-0.25, -0.2) is 4.39 Å². The highest BCUT2D eigenvalue weighted by molar-refractivity contribution is 8.02. The van der Waals surface area contributed by atoms with Gasteiger partial charge < -0.3 is 9.64 Å².